The second-order valence-corrected chi connectivity index (χ2v) is 3.47. The van der Waals surface area contributed by atoms with Gasteiger partial charge in [-0.1, -0.05) is 18.2 Å². The first-order valence-electron chi connectivity index (χ1n) is 4.75. The molecule has 5 heteroatoms. The van der Waals surface area contributed by atoms with E-state index in [4.69, 9.17) is 4.74 Å². The quantitative estimate of drug-likeness (QED) is 0.871. The minimum atomic E-state index is -4.47. The number of methoxy groups -OCH3 is 1. The maximum Gasteiger partial charge on any atom is 0.416 e. The monoisotopic (exact) mass is 234 g/mol. The Labute approximate surface area is 91.7 Å². The van der Waals surface area contributed by atoms with Crippen molar-refractivity contribution in [3.8, 4) is 0 Å². The van der Waals surface area contributed by atoms with Crippen LogP contribution in [0.1, 0.15) is 24.2 Å². The van der Waals surface area contributed by atoms with Crippen LogP contribution in [0.2, 0.25) is 0 Å². The van der Waals surface area contributed by atoms with Gasteiger partial charge in [-0.3, -0.25) is 0 Å². The third-order valence-corrected chi connectivity index (χ3v) is 2.40. The predicted octanol–water partition coefficient (Wildman–Crippen LogP) is 2.77. The number of hydrogen-bond acceptors (Lipinski definition) is 2. The van der Waals surface area contributed by atoms with Crippen molar-refractivity contribution < 1.29 is 23.0 Å². The summed E-state index contributed by atoms with van der Waals surface area (Å²) in [7, 11) is 1.34. The first kappa shape index (κ1) is 13.0. The largest absolute Gasteiger partial charge is 0.416 e. The van der Waals surface area contributed by atoms with E-state index in [1.807, 2.05) is 0 Å². The van der Waals surface area contributed by atoms with E-state index in [1.54, 1.807) is 0 Å². The van der Waals surface area contributed by atoms with Crippen molar-refractivity contribution >= 4 is 0 Å². The van der Waals surface area contributed by atoms with E-state index >= 15 is 0 Å². The number of alkyl halides is 3. The molecule has 0 spiro atoms. The molecule has 90 valence electrons. The van der Waals surface area contributed by atoms with Crippen molar-refractivity contribution in [1.82, 2.24) is 0 Å². The molecule has 2 nitrogen and oxygen atoms in total. The molecule has 0 saturated carbocycles. The average Bonchev–Trinajstić information content (AvgIpc) is 2.26. The Bertz CT molecular complexity index is 349. The van der Waals surface area contributed by atoms with E-state index in [-0.39, 0.29) is 5.56 Å². The molecule has 0 aliphatic carbocycles. The highest BCUT2D eigenvalue weighted by Gasteiger charge is 2.35. The SMILES string of the molecule is COC(C)C(O)c1ccccc1C(F)(F)F. The molecule has 16 heavy (non-hydrogen) atoms. The number of ether oxygens (including phenoxy) is 1. The molecular weight excluding hydrogens is 221 g/mol. The van der Waals surface area contributed by atoms with Gasteiger partial charge >= 0.3 is 6.18 Å². The zero-order valence-electron chi connectivity index (χ0n) is 8.95. The Morgan fingerprint density at radius 3 is 2.31 bits per heavy atom. The number of rotatable bonds is 3. The molecule has 1 aromatic rings. The van der Waals surface area contributed by atoms with Crippen molar-refractivity contribution in [1.29, 1.82) is 0 Å². The summed E-state index contributed by atoms with van der Waals surface area (Å²) in [5.41, 5.74) is -0.990. The second-order valence-electron chi connectivity index (χ2n) is 3.47. The van der Waals surface area contributed by atoms with Crippen LogP contribution in [0.25, 0.3) is 0 Å². The van der Waals surface area contributed by atoms with Gasteiger partial charge < -0.3 is 9.84 Å². The minimum Gasteiger partial charge on any atom is -0.386 e. The molecule has 1 aromatic carbocycles. The zero-order chi connectivity index (χ0) is 12.3. The molecule has 1 rings (SSSR count). The van der Waals surface area contributed by atoms with E-state index < -0.39 is 23.9 Å². The van der Waals surface area contributed by atoms with Gasteiger partial charge in [0.2, 0.25) is 0 Å². The van der Waals surface area contributed by atoms with Crippen LogP contribution in [0.5, 0.6) is 0 Å². The number of halogens is 3. The molecule has 0 aliphatic heterocycles. The van der Waals surface area contributed by atoms with Crippen LogP contribution < -0.4 is 0 Å². The summed E-state index contributed by atoms with van der Waals surface area (Å²) in [6.45, 7) is 1.51. The van der Waals surface area contributed by atoms with Gasteiger partial charge in [0, 0.05) is 7.11 Å². The van der Waals surface area contributed by atoms with Gasteiger partial charge in [-0.05, 0) is 18.6 Å². The zero-order valence-corrected chi connectivity index (χ0v) is 8.95. The first-order chi connectivity index (χ1) is 7.38. The predicted molar refractivity (Wildman–Crippen MR) is 52.9 cm³/mol. The van der Waals surface area contributed by atoms with Crippen molar-refractivity contribution in [3.63, 3.8) is 0 Å². The summed E-state index contributed by atoms with van der Waals surface area (Å²) in [4.78, 5) is 0. The van der Waals surface area contributed by atoms with E-state index in [0.29, 0.717) is 0 Å². The van der Waals surface area contributed by atoms with Gasteiger partial charge in [0.25, 0.3) is 0 Å². The lowest BCUT2D eigenvalue weighted by Gasteiger charge is -2.21. The smallest absolute Gasteiger partial charge is 0.386 e. The molecule has 0 radical (unpaired) electrons. The fourth-order valence-electron chi connectivity index (χ4n) is 1.39. The molecular formula is C11H13F3O2. The maximum absolute atomic E-state index is 12.6. The molecule has 0 bridgehead atoms. The first-order valence-corrected chi connectivity index (χ1v) is 4.75. The van der Waals surface area contributed by atoms with Gasteiger partial charge in [0.05, 0.1) is 11.7 Å². The van der Waals surface area contributed by atoms with Gasteiger partial charge in [-0.15, -0.1) is 0 Å². The van der Waals surface area contributed by atoms with E-state index in [9.17, 15) is 18.3 Å². The Morgan fingerprint density at radius 1 is 1.25 bits per heavy atom. The van der Waals surface area contributed by atoms with Gasteiger partial charge in [-0.25, -0.2) is 0 Å². The lowest BCUT2D eigenvalue weighted by atomic mass is 9.99. The molecule has 0 fully saturated rings. The standard InChI is InChI=1S/C11H13F3O2/c1-7(16-2)10(15)8-5-3-4-6-9(8)11(12,13)14/h3-7,10,15H,1-2H3. The summed E-state index contributed by atoms with van der Waals surface area (Å²) >= 11 is 0. The molecule has 1 N–H and O–H groups in total. The van der Waals surface area contributed by atoms with Crippen LogP contribution >= 0.6 is 0 Å². The Balaban J connectivity index is 3.13. The molecule has 2 atom stereocenters. The Hall–Kier alpha value is -1.07. The number of aliphatic hydroxyl groups excluding tert-OH is 1. The van der Waals surface area contributed by atoms with Gasteiger partial charge in [-0.2, -0.15) is 13.2 Å². The number of benzene rings is 1. The highest BCUT2D eigenvalue weighted by Crippen LogP contribution is 2.35. The second kappa shape index (κ2) is 4.84. The highest BCUT2D eigenvalue weighted by molar-refractivity contribution is 5.32. The summed E-state index contributed by atoms with van der Waals surface area (Å²) in [5.74, 6) is 0. The third kappa shape index (κ3) is 2.74. The van der Waals surface area contributed by atoms with Crippen LogP contribution in [0.3, 0.4) is 0 Å². The molecule has 2 unspecified atom stereocenters. The van der Waals surface area contributed by atoms with Crippen molar-refractivity contribution in [2.45, 2.75) is 25.3 Å². The molecule has 0 aliphatic rings. The van der Waals surface area contributed by atoms with Crippen molar-refractivity contribution in [3.05, 3.63) is 35.4 Å². The molecule has 0 heterocycles. The average molecular weight is 234 g/mol. The summed E-state index contributed by atoms with van der Waals surface area (Å²) in [5, 5.41) is 9.71. The lowest BCUT2D eigenvalue weighted by Crippen LogP contribution is -2.20. The van der Waals surface area contributed by atoms with Crippen LogP contribution in [0, 0.1) is 0 Å². The fourth-order valence-corrected chi connectivity index (χ4v) is 1.39. The Morgan fingerprint density at radius 2 is 1.81 bits per heavy atom. The highest BCUT2D eigenvalue weighted by atomic mass is 19.4. The topological polar surface area (TPSA) is 29.5 Å². The summed E-state index contributed by atoms with van der Waals surface area (Å²) in [6, 6.07) is 4.94. The lowest BCUT2D eigenvalue weighted by molar-refractivity contribution is -0.140. The van der Waals surface area contributed by atoms with Crippen molar-refractivity contribution in [2.24, 2.45) is 0 Å². The summed E-state index contributed by atoms with van der Waals surface area (Å²) < 4.78 is 42.7. The summed E-state index contributed by atoms with van der Waals surface area (Å²) in [6.07, 6.45) is -6.45. The van der Waals surface area contributed by atoms with Crippen molar-refractivity contribution in [2.75, 3.05) is 7.11 Å². The van der Waals surface area contributed by atoms with Gasteiger partial charge in [0.15, 0.2) is 0 Å². The van der Waals surface area contributed by atoms with Crippen LogP contribution in [-0.2, 0) is 10.9 Å². The maximum atomic E-state index is 12.6. The third-order valence-electron chi connectivity index (χ3n) is 2.40. The Kier molecular flexibility index (Phi) is 3.93. The van der Waals surface area contributed by atoms with E-state index in [2.05, 4.69) is 0 Å². The normalized spacial score (nSPS) is 15.9. The number of hydrogen-bond donors (Lipinski definition) is 1. The number of aliphatic hydroxyl groups is 1. The van der Waals surface area contributed by atoms with Crippen LogP contribution in [0.4, 0.5) is 13.2 Å². The van der Waals surface area contributed by atoms with Crippen LogP contribution in [-0.4, -0.2) is 18.3 Å². The van der Waals surface area contributed by atoms with E-state index in [1.165, 1.54) is 32.2 Å². The molecule has 0 aromatic heterocycles. The minimum absolute atomic E-state index is 0.163. The van der Waals surface area contributed by atoms with Gasteiger partial charge in [0.1, 0.15) is 6.10 Å². The molecule has 0 amide bonds. The van der Waals surface area contributed by atoms with E-state index in [0.717, 1.165) is 6.07 Å². The fraction of sp³-hybridized carbons (Fsp3) is 0.455. The van der Waals surface area contributed by atoms with Crippen LogP contribution in [0.15, 0.2) is 24.3 Å². The molecule has 0 saturated heterocycles.